The van der Waals surface area contributed by atoms with E-state index in [0.29, 0.717) is 18.7 Å². The Balaban J connectivity index is 2.56. The molecule has 0 aliphatic rings. The summed E-state index contributed by atoms with van der Waals surface area (Å²) in [6, 6.07) is 5.06. The van der Waals surface area contributed by atoms with Gasteiger partial charge >= 0.3 is 0 Å². The van der Waals surface area contributed by atoms with Gasteiger partial charge in [0.25, 0.3) is 0 Å². The van der Waals surface area contributed by atoms with Crippen LogP contribution in [0.25, 0.3) is 0 Å². The molecule has 1 atom stereocenters. The largest absolute Gasteiger partial charge is 0.383 e. The molecule has 0 radical (unpaired) electrons. The minimum atomic E-state index is -0.334. The fourth-order valence-corrected chi connectivity index (χ4v) is 2.55. The Labute approximate surface area is 115 Å². The molecule has 2 nitrogen and oxygen atoms in total. The van der Waals surface area contributed by atoms with Crippen molar-refractivity contribution in [1.29, 1.82) is 0 Å². The van der Waals surface area contributed by atoms with Crippen LogP contribution in [0.2, 0.25) is 5.02 Å². The van der Waals surface area contributed by atoms with E-state index in [1.54, 1.807) is 25.3 Å². The number of benzene rings is 1. The van der Waals surface area contributed by atoms with Gasteiger partial charge < -0.3 is 9.64 Å². The Morgan fingerprint density at radius 2 is 2.24 bits per heavy atom. The highest BCUT2D eigenvalue weighted by Crippen LogP contribution is 2.19. The average molecular weight is 325 g/mol. The van der Waals surface area contributed by atoms with E-state index in [1.807, 2.05) is 11.9 Å². The molecular weight excluding hydrogens is 308 g/mol. The van der Waals surface area contributed by atoms with Crippen LogP contribution in [0.15, 0.2) is 18.2 Å². The molecule has 0 saturated carbocycles. The van der Waals surface area contributed by atoms with Gasteiger partial charge in [0.2, 0.25) is 0 Å². The van der Waals surface area contributed by atoms with Crippen molar-refractivity contribution >= 4 is 27.5 Å². The van der Waals surface area contributed by atoms with Crippen LogP contribution in [-0.4, -0.2) is 37.0 Å². The highest BCUT2D eigenvalue weighted by molar-refractivity contribution is 9.09. The van der Waals surface area contributed by atoms with Gasteiger partial charge in [-0.25, -0.2) is 4.39 Å². The van der Waals surface area contributed by atoms with Gasteiger partial charge in [0, 0.05) is 25.8 Å². The fraction of sp³-hybridized carbons (Fsp3) is 0.500. The Morgan fingerprint density at radius 1 is 1.53 bits per heavy atom. The summed E-state index contributed by atoms with van der Waals surface area (Å²) < 4.78 is 18.7. The zero-order chi connectivity index (χ0) is 12.8. The highest BCUT2D eigenvalue weighted by Gasteiger charge is 2.11. The van der Waals surface area contributed by atoms with E-state index in [9.17, 15) is 4.39 Å². The predicted molar refractivity (Wildman–Crippen MR) is 72.3 cm³/mol. The van der Waals surface area contributed by atoms with E-state index in [2.05, 4.69) is 15.9 Å². The minimum absolute atomic E-state index is 0.170. The van der Waals surface area contributed by atoms with Crippen LogP contribution >= 0.6 is 27.5 Å². The Kier molecular flexibility index (Phi) is 6.41. The summed E-state index contributed by atoms with van der Waals surface area (Å²) in [6.07, 6.45) is 0. The van der Waals surface area contributed by atoms with Crippen molar-refractivity contribution in [2.45, 2.75) is 11.4 Å². The third-order valence-corrected chi connectivity index (χ3v) is 3.17. The third kappa shape index (κ3) is 4.92. The maximum absolute atomic E-state index is 13.7. The van der Waals surface area contributed by atoms with Gasteiger partial charge in [-0.3, -0.25) is 0 Å². The second kappa shape index (κ2) is 7.31. The molecular formula is C12H16BrClFNO. The van der Waals surface area contributed by atoms with Gasteiger partial charge in [-0.2, -0.15) is 0 Å². The second-order valence-electron chi connectivity index (χ2n) is 3.96. The quantitative estimate of drug-likeness (QED) is 0.744. The number of ether oxygens (including phenoxy) is 1. The van der Waals surface area contributed by atoms with Gasteiger partial charge in [0.1, 0.15) is 5.82 Å². The third-order valence-electron chi connectivity index (χ3n) is 2.33. The summed E-state index contributed by atoms with van der Waals surface area (Å²) in [5.74, 6) is -0.334. The summed E-state index contributed by atoms with van der Waals surface area (Å²) in [5.41, 5.74) is 0.608. The molecule has 0 heterocycles. The first-order valence-electron chi connectivity index (χ1n) is 5.29. The summed E-state index contributed by atoms with van der Waals surface area (Å²) in [7, 11) is 3.59. The Bertz CT molecular complexity index is 364. The highest BCUT2D eigenvalue weighted by atomic mass is 79.9. The van der Waals surface area contributed by atoms with Crippen molar-refractivity contribution in [3.63, 3.8) is 0 Å². The molecule has 0 fully saturated rings. The maximum Gasteiger partial charge on any atom is 0.146 e. The fourth-order valence-electron chi connectivity index (χ4n) is 1.60. The first-order chi connectivity index (χ1) is 8.04. The first kappa shape index (κ1) is 14.9. The lowest BCUT2D eigenvalue weighted by Gasteiger charge is -2.20. The smallest absolute Gasteiger partial charge is 0.146 e. The lowest BCUT2D eigenvalue weighted by Crippen LogP contribution is -2.28. The van der Waals surface area contributed by atoms with Crippen molar-refractivity contribution in [2.75, 3.05) is 27.3 Å². The van der Waals surface area contributed by atoms with E-state index in [0.717, 1.165) is 6.54 Å². The minimum Gasteiger partial charge on any atom is -0.383 e. The van der Waals surface area contributed by atoms with Crippen LogP contribution in [-0.2, 0) is 11.3 Å². The van der Waals surface area contributed by atoms with Crippen molar-refractivity contribution in [3.05, 3.63) is 34.6 Å². The zero-order valence-corrected chi connectivity index (χ0v) is 12.3. The lowest BCUT2D eigenvalue weighted by atomic mass is 10.2. The molecule has 1 rings (SSSR count). The van der Waals surface area contributed by atoms with Crippen LogP contribution in [0.3, 0.4) is 0 Å². The van der Waals surface area contributed by atoms with Crippen molar-refractivity contribution in [2.24, 2.45) is 0 Å². The predicted octanol–water partition coefficient (Wildman–Crippen LogP) is 3.32. The number of hydrogen-bond donors (Lipinski definition) is 0. The maximum atomic E-state index is 13.7. The SMILES string of the molecule is COCC(Br)CN(C)Cc1cccc(Cl)c1F. The van der Waals surface area contributed by atoms with Gasteiger partial charge in [-0.05, 0) is 13.1 Å². The molecule has 0 N–H and O–H groups in total. The molecule has 0 saturated heterocycles. The standard InChI is InChI=1S/C12H16BrClFNO/c1-16(7-10(13)8-17-2)6-9-4-3-5-11(14)12(9)15/h3-5,10H,6-8H2,1-2H3. The number of alkyl halides is 1. The molecule has 1 aromatic rings. The number of halogens is 3. The molecule has 1 unspecified atom stereocenters. The summed E-state index contributed by atoms with van der Waals surface area (Å²) in [6.45, 7) is 1.93. The average Bonchev–Trinajstić information content (AvgIpc) is 2.25. The van der Waals surface area contributed by atoms with Crippen molar-refractivity contribution < 1.29 is 9.13 Å². The zero-order valence-electron chi connectivity index (χ0n) is 9.92. The van der Waals surface area contributed by atoms with Gasteiger partial charge in [-0.1, -0.05) is 39.7 Å². The van der Waals surface area contributed by atoms with E-state index in [4.69, 9.17) is 16.3 Å². The number of nitrogens with zero attached hydrogens (tertiary/aromatic N) is 1. The lowest BCUT2D eigenvalue weighted by molar-refractivity contribution is 0.184. The van der Waals surface area contributed by atoms with Crippen LogP contribution in [0.4, 0.5) is 4.39 Å². The monoisotopic (exact) mass is 323 g/mol. The second-order valence-corrected chi connectivity index (χ2v) is 5.66. The topological polar surface area (TPSA) is 12.5 Å². The van der Waals surface area contributed by atoms with Crippen molar-refractivity contribution in [1.82, 2.24) is 4.90 Å². The molecule has 0 spiro atoms. The van der Waals surface area contributed by atoms with Crippen molar-refractivity contribution in [3.8, 4) is 0 Å². The molecule has 0 amide bonds. The van der Waals surface area contributed by atoms with E-state index in [1.165, 1.54) is 0 Å². The van der Waals surface area contributed by atoms with E-state index < -0.39 is 0 Å². The summed E-state index contributed by atoms with van der Waals surface area (Å²) in [4.78, 5) is 2.26. The molecule has 0 aliphatic heterocycles. The summed E-state index contributed by atoms with van der Waals surface area (Å²) >= 11 is 9.23. The van der Waals surface area contributed by atoms with Crippen LogP contribution < -0.4 is 0 Å². The number of methoxy groups -OCH3 is 1. The Hall–Kier alpha value is -0.160. The molecule has 96 valence electrons. The first-order valence-corrected chi connectivity index (χ1v) is 6.58. The normalized spacial score (nSPS) is 13.1. The molecule has 1 aromatic carbocycles. The number of hydrogen-bond acceptors (Lipinski definition) is 2. The molecule has 17 heavy (non-hydrogen) atoms. The van der Waals surface area contributed by atoms with Gasteiger partial charge in [0.15, 0.2) is 0 Å². The molecule has 0 aromatic heterocycles. The van der Waals surface area contributed by atoms with Gasteiger partial charge in [0.05, 0.1) is 16.5 Å². The van der Waals surface area contributed by atoms with Crippen LogP contribution in [0, 0.1) is 5.82 Å². The van der Waals surface area contributed by atoms with E-state index >= 15 is 0 Å². The van der Waals surface area contributed by atoms with E-state index in [-0.39, 0.29) is 15.7 Å². The number of rotatable bonds is 6. The molecule has 0 bridgehead atoms. The van der Waals surface area contributed by atoms with Crippen LogP contribution in [0.1, 0.15) is 5.56 Å². The Morgan fingerprint density at radius 3 is 2.88 bits per heavy atom. The van der Waals surface area contributed by atoms with Gasteiger partial charge in [-0.15, -0.1) is 0 Å². The van der Waals surface area contributed by atoms with Crippen LogP contribution in [0.5, 0.6) is 0 Å². The molecule has 0 aliphatic carbocycles. The molecule has 5 heteroatoms. The summed E-state index contributed by atoms with van der Waals surface area (Å²) in [5, 5.41) is 0.170.